The Morgan fingerprint density at radius 1 is 1.56 bits per heavy atom. The van der Waals surface area contributed by atoms with Gasteiger partial charge < -0.3 is 10.6 Å². The number of halogens is 2. The summed E-state index contributed by atoms with van der Waals surface area (Å²) in [6.45, 7) is 1.93. The Labute approximate surface area is 111 Å². The number of thiazole rings is 1. The summed E-state index contributed by atoms with van der Waals surface area (Å²) in [6.07, 6.45) is 2.19. The molecular formula is C9H15Cl2N3OS. The minimum absolute atomic E-state index is 0. The van der Waals surface area contributed by atoms with E-state index in [4.69, 9.17) is 0 Å². The summed E-state index contributed by atoms with van der Waals surface area (Å²) < 4.78 is 0. The van der Waals surface area contributed by atoms with Crippen LogP contribution < -0.4 is 10.6 Å². The SMILES string of the molecule is Cl.Cl.O=C(N[C@H]1CCCNC1)c1cscn1. The number of carbonyl (C=O) groups excluding carboxylic acids is 1. The molecule has 1 atom stereocenters. The van der Waals surface area contributed by atoms with Crippen LogP contribution in [0.2, 0.25) is 0 Å². The van der Waals surface area contributed by atoms with Gasteiger partial charge in [-0.1, -0.05) is 0 Å². The Bertz CT molecular complexity index is 302. The van der Waals surface area contributed by atoms with E-state index in [2.05, 4.69) is 15.6 Å². The van der Waals surface area contributed by atoms with E-state index >= 15 is 0 Å². The van der Waals surface area contributed by atoms with E-state index in [0.29, 0.717) is 5.69 Å². The fourth-order valence-corrected chi connectivity index (χ4v) is 2.09. The number of nitrogens with zero attached hydrogens (tertiary/aromatic N) is 1. The minimum Gasteiger partial charge on any atom is -0.347 e. The maximum atomic E-state index is 11.6. The molecule has 2 rings (SSSR count). The Hall–Kier alpha value is -0.360. The highest BCUT2D eigenvalue weighted by atomic mass is 35.5. The second kappa shape index (κ2) is 7.84. The van der Waals surface area contributed by atoms with Crippen molar-refractivity contribution in [2.75, 3.05) is 13.1 Å². The van der Waals surface area contributed by atoms with E-state index in [0.717, 1.165) is 25.9 Å². The third-order valence-corrected chi connectivity index (χ3v) is 2.88. The summed E-state index contributed by atoms with van der Waals surface area (Å²) in [6, 6.07) is 0.262. The summed E-state index contributed by atoms with van der Waals surface area (Å²) >= 11 is 1.44. The fourth-order valence-electron chi connectivity index (χ4n) is 1.56. The molecule has 1 saturated heterocycles. The molecule has 1 aliphatic rings. The van der Waals surface area contributed by atoms with Gasteiger partial charge in [0.25, 0.3) is 5.91 Å². The van der Waals surface area contributed by atoms with Crippen LogP contribution in [0.4, 0.5) is 0 Å². The third kappa shape index (κ3) is 4.25. The molecule has 1 aromatic rings. The first-order valence-electron chi connectivity index (χ1n) is 4.76. The van der Waals surface area contributed by atoms with Crippen LogP contribution in [0, 0.1) is 0 Å². The standard InChI is InChI=1S/C9H13N3OS.2ClH/c13-9(8-5-14-6-11-8)12-7-2-1-3-10-4-7;;/h5-7,10H,1-4H2,(H,12,13);2*1H/t7-;;/m0../s1. The molecule has 1 aliphatic heterocycles. The lowest BCUT2D eigenvalue weighted by molar-refractivity contribution is 0.0926. The van der Waals surface area contributed by atoms with E-state index in [-0.39, 0.29) is 36.8 Å². The molecule has 0 spiro atoms. The Balaban J connectivity index is 0.00000112. The summed E-state index contributed by atoms with van der Waals surface area (Å²) in [5, 5.41) is 7.99. The smallest absolute Gasteiger partial charge is 0.271 e. The van der Waals surface area contributed by atoms with Crippen molar-refractivity contribution in [1.82, 2.24) is 15.6 Å². The lowest BCUT2D eigenvalue weighted by atomic mass is 10.1. The fraction of sp³-hybridized carbons (Fsp3) is 0.556. The van der Waals surface area contributed by atoms with E-state index in [1.807, 2.05) is 0 Å². The lowest BCUT2D eigenvalue weighted by Gasteiger charge is -2.23. The first kappa shape index (κ1) is 15.6. The molecule has 2 heterocycles. The van der Waals surface area contributed by atoms with Gasteiger partial charge in [-0.3, -0.25) is 4.79 Å². The molecule has 2 N–H and O–H groups in total. The number of aromatic nitrogens is 1. The van der Waals surface area contributed by atoms with Gasteiger partial charge >= 0.3 is 0 Å². The van der Waals surface area contributed by atoms with Gasteiger partial charge in [-0.25, -0.2) is 4.98 Å². The predicted octanol–water partition coefficient (Wildman–Crippen LogP) is 1.47. The number of carbonyl (C=O) groups is 1. The molecule has 0 unspecified atom stereocenters. The molecule has 0 aromatic carbocycles. The van der Waals surface area contributed by atoms with Gasteiger partial charge in [-0.15, -0.1) is 36.2 Å². The summed E-state index contributed by atoms with van der Waals surface area (Å²) in [7, 11) is 0. The van der Waals surface area contributed by atoms with Crippen molar-refractivity contribution in [3.63, 3.8) is 0 Å². The van der Waals surface area contributed by atoms with Crippen LogP contribution in [0.3, 0.4) is 0 Å². The van der Waals surface area contributed by atoms with Crippen LogP contribution in [-0.4, -0.2) is 30.0 Å². The van der Waals surface area contributed by atoms with Crippen molar-refractivity contribution in [3.05, 3.63) is 16.6 Å². The van der Waals surface area contributed by atoms with E-state index < -0.39 is 0 Å². The monoisotopic (exact) mass is 283 g/mol. The summed E-state index contributed by atoms with van der Waals surface area (Å²) in [5.41, 5.74) is 2.20. The Kier molecular flexibility index (Phi) is 7.66. The zero-order valence-corrected chi connectivity index (χ0v) is 11.1. The van der Waals surface area contributed by atoms with Crippen molar-refractivity contribution in [2.24, 2.45) is 0 Å². The number of hydrogen-bond acceptors (Lipinski definition) is 4. The highest BCUT2D eigenvalue weighted by molar-refractivity contribution is 7.07. The lowest BCUT2D eigenvalue weighted by Crippen LogP contribution is -2.45. The molecule has 1 aromatic heterocycles. The summed E-state index contributed by atoms with van der Waals surface area (Å²) in [4.78, 5) is 15.5. The van der Waals surface area contributed by atoms with Gasteiger partial charge in [0.1, 0.15) is 5.69 Å². The third-order valence-electron chi connectivity index (χ3n) is 2.30. The molecule has 0 bridgehead atoms. The zero-order chi connectivity index (χ0) is 9.80. The second-order valence-corrected chi connectivity index (χ2v) is 4.11. The van der Waals surface area contributed by atoms with Crippen molar-refractivity contribution >= 4 is 42.1 Å². The van der Waals surface area contributed by atoms with Crippen molar-refractivity contribution in [2.45, 2.75) is 18.9 Å². The minimum atomic E-state index is -0.0556. The van der Waals surface area contributed by atoms with Crippen LogP contribution in [-0.2, 0) is 0 Å². The second-order valence-electron chi connectivity index (χ2n) is 3.39. The van der Waals surface area contributed by atoms with Crippen LogP contribution >= 0.6 is 36.2 Å². The average Bonchev–Trinajstić information content (AvgIpc) is 2.72. The largest absolute Gasteiger partial charge is 0.347 e. The molecule has 92 valence electrons. The van der Waals surface area contributed by atoms with E-state index in [9.17, 15) is 4.79 Å². The molecule has 16 heavy (non-hydrogen) atoms. The number of hydrogen-bond donors (Lipinski definition) is 2. The zero-order valence-electron chi connectivity index (χ0n) is 8.64. The van der Waals surface area contributed by atoms with Gasteiger partial charge in [0, 0.05) is 18.0 Å². The predicted molar refractivity (Wildman–Crippen MR) is 70.0 cm³/mol. The maximum Gasteiger partial charge on any atom is 0.271 e. The summed E-state index contributed by atoms with van der Waals surface area (Å²) in [5.74, 6) is -0.0556. The topological polar surface area (TPSA) is 54.0 Å². The molecule has 0 aliphatic carbocycles. The van der Waals surface area contributed by atoms with Gasteiger partial charge in [-0.05, 0) is 19.4 Å². The molecule has 0 radical (unpaired) electrons. The molecule has 4 nitrogen and oxygen atoms in total. The molecular weight excluding hydrogens is 269 g/mol. The molecule has 7 heteroatoms. The van der Waals surface area contributed by atoms with Crippen molar-refractivity contribution in [1.29, 1.82) is 0 Å². The number of piperidine rings is 1. The van der Waals surface area contributed by atoms with Gasteiger partial charge in [0.2, 0.25) is 0 Å². The van der Waals surface area contributed by atoms with Gasteiger partial charge in [0.15, 0.2) is 0 Å². The van der Waals surface area contributed by atoms with Crippen LogP contribution in [0.1, 0.15) is 23.3 Å². The highest BCUT2D eigenvalue weighted by Gasteiger charge is 2.16. The number of nitrogens with one attached hydrogen (secondary N) is 2. The Morgan fingerprint density at radius 2 is 2.38 bits per heavy atom. The van der Waals surface area contributed by atoms with E-state index in [1.54, 1.807) is 10.9 Å². The first-order valence-corrected chi connectivity index (χ1v) is 5.70. The van der Waals surface area contributed by atoms with Gasteiger partial charge in [0.05, 0.1) is 5.51 Å². The normalized spacial score (nSPS) is 19.1. The molecule has 0 saturated carbocycles. The maximum absolute atomic E-state index is 11.6. The highest BCUT2D eigenvalue weighted by Crippen LogP contribution is 2.04. The molecule has 1 amide bonds. The van der Waals surface area contributed by atoms with E-state index in [1.165, 1.54) is 11.3 Å². The van der Waals surface area contributed by atoms with Gasteiger partial charge in [-0.2, -0.15) is 0 Å². The Morgan fingerprint density at radius 3 is 2.94 bits per heavy atom. The van der Waals surface area contributed by atoms with Crippen LogP contribution in [0.25, 0.3) is 0 Å². The number of rotatable bonds is 2. The first-order chi connectivity index (χ1) is 6.86. The van der Waals surface area contributed by atoms with Crippen LogP contribution in [0.15, 0.2) is 10.9 Å². The van der Waals surface area contributed by atoms with Crippen molar-refractivity contribution < 1.29 is 4.79 Å². The average molecular weight is 284 g/mol. The van der Waals surface area contributed by atoms with Crippen molar-refractivity contribution in [3.8, 4) is 0 Å². The van der Waals surface area contributed by atoms with Crippen LogP contribution in [0.5, 0.6) is 0 Å². The molecule has 1 fully saturated rings. The quantitative estimate of drug-likeness (QED) is 0.864. The number of amides is 1.